The summed E-state index contributed by atoms with van der Waals surface area (Å²) in [5.74, 6) is -2.88. The Bertz CT molecular complexity index is 343. The van der Waals surface area contributed by atoms with Gasteiger partial charge >= 0.3 is 5.97 Å². The van der Waals surface area contributed by atoms with Gasteiger partial charge in [-0.3, -0.25) is 9.59 Å². The predicted octanol–water partition coefficient (Wildman–Crippen LogP) is -1.96. The van der Waals surface area contributed by atoms with E-state index in [0.29, 0.717) is 0 Å². The Morgan fingerprint density at radius 2 is 1.63 bits per heavy atom. The van der Waals surface area contributed by atoms with Gasteiger partial charge in [0.1, 0.15) is 12.1 Å². The molecule has 0 unspecified atom stereocenters. The topological polar surface area (TPSA) is 142 Å². The molecular formula is C11H21N3O5. The van der Waals surface area contributed by atoms with Gasteiger partial charge in [0.2, 0.25) is 11.8 Å². The van der Waals surface area contributed by atoms with Crippen molar-refractivity contribution < 1.29 is 24.6 Å². The first-order chi connectivity index (χ1) is 8.70. The van der Waals surface area contributed by atoms with Gasteiger partial charge in [-0.1, -0.05) is 13.8 Å². The van der Waals surface area contributed by atoms with Crippen molar-refractivity contribution in [2.24, 2.45) is 11.7 Å². The normalized spacial score (nSPS) is 15.5. The minimum Gasteiger partial charge on any atom is -0.480 e. The van der Waals surface area contributed by atoms with Gasteiger partial charge in [-0.15, -0.1) is 0 Å². The second-order valence-corrected chi connectivity index (χ2v) is 4.60. The minimum absolute atomic E-state index is 0.329. The largest absolute Gasteiger partial charge is 0.480 e. The number of carboxylic acids is 1. The lowest BCUT2D eigenvalue weighted by atomic mass is 10.0. The molecule has 0 bridgehead atoms. The molecule has 0 saturated heterocycles. The third kappa shape index (κ3) is 5.66. The fourth-order valence-electron chi connectivity index (χ4n) is 1.26. The summed E-state index contributed by atoms with van der Waals surface area (Å²) in [5.41, 5.74) is 5.32. The standard InChI is InChI=1S/C11H21N3O5/c1-5(2)8(11(18)19)14-10(17)7(4-15)13-9(16)6(3)12/h5-8,15H,4,12H2,1-3H3,(H,13,16)(H,14,17)(H,18,19)/t6-,7-,8-/m0/s1. The highest BCUT2D eigenvalue weighted by molar-refractivity contribution is 5.91. The molecule has 0 aromatic heterocycles. The number of aliphatic hydroxyl groups excluding tert-OH is 1. The Hall–Kier alpha value is -1.67. The Morgan fingerprint density at radius 1 is 1.11 bits per heavy atom. The van der Waals surface area contributed by atoms with Gasteiger partial charge in [-0.2, -0.15) is 0 Å². The number of rotatable bonds is 7. The zero-order chi connectivity index (χ0) is 15.2. The van der Waals surface area contributed by atoms with Crippen LogP contribution in [0.1, 0.15) is 20.8 Å². The van der Waals surface area contributed by atoms with Crippen LogP contribution in [-0.4, -0.2) is 52.7 Å². The Balaban J connectivity index is 4.67. The summed E-state index contributed by atoms with van der Waals surface area (Å²) in [5, 5.41) is 22.5. The first-order valence-electron chi connectivity index (χ1n) is 5.90. The zero-order valence-corrected chi connectivity index (χ0v) is 11.2. The maximum Gasteiger partial charge on any atom is 0.326 e. The molecule has 0 aromatic rings. The van der Waals surface area contributed by atoms with Gasteiger partial charge in [-0.05, 0) is 12.8 Å². The van der Waals surface area contributed by atoms with E-state index in [0.717, 1.165) is 0 Å². The molecule has 0 aliphatic carbocycles. The van der Waals surface area contributed by atoms with Crippen molar-refractivity contribution >= 4 is 17.8 Å². The van der Waals surface area contributed by atoms with Crippen LogP contribution in [-0.2, 0) is 14.4 Å². The summed E-state index contributed by atoms with van der Waals surface area (Å²) in [6.45, 7) is 4.05. The molecule has 0 aliphatic rings. The molecule has 2 amide bonds. The molecule has 19 heavy (non-hydrogen) atoms. The summed E-state index contributed by atoms with van der Waals surface area (Å²) >= 11 is 0. The molecule has 0 spiro atoms. The number of carbonyl (C=O) groups excluding carboxylic acids is 2. The summed E-state index contributed by atoms with van der Waals surface area (Å²) in [7, 11) is 0. The molecule has 110 valence electrons. The Labute approximate surface area is 111 Å². The van der Waals surface area contributed by atoms with E-state index in [-0.39, 0.29) is 5.92 Å². The minimum atomic E-state index is -1.22. The van der Waals surface area contributed by atoms with Crippen LogP contribution in [0.4, 0.5) is 0 Å². The molecule has 0 rings (SSSR count). The third-order valence-corrected chi connectivity index (χ3v) is 2.46. The molecule has 0 fully saturated rings. The highest BCUT2D eigenvalue weighted by Crippen LogP contribution is 2.02. The lowest BCUT2D eigenvalue weighted by molar-refractivity contribution is -0.143. The number of aliphatic carboxylic acids is 1. The fraction of sp³-hybridized carbons (Fsp3) is 0.727. The Kier molecular flexibility index (Phi) is 7.02. The van der Waals surface area contributed by atoms with Crippen LogP contribution in [0, 0.1) is 5.92 Å². The number of carbonyl (C=O) groups is 3. The highest BCUT2D eigenvalue weighted by Gasteiger charge is 2.28. The number of nitrogens with one attached hydrogen (secondary N) is 2. The first kappa shape index (κ1) is 17.3. The maximum absolute atomic E-state index is 11.8. The van der Waals surface area contributed by atoms with Crippen molar-refractivity contribution in [3.63, 3.8) is 0 Å². The molecule has 0 saturated carbocycles. The van der Waals surface area contributed by atoms with Crippen LogP contribution in [0.2, 0.25) is 0 Å². The Morgan fingerprint density at radius 3 is 1.95 bits per heavy atom. The predicted molar refractivity (Wildman–Crippen MR) is 67.1 cm³/mol. The maximum atomic E-state index is 11.8. The van der Waals surface area contributed by atoms with E-state index in [1.165, 1.54) is 6.92 Å². The van der Waals surface area contributed by atoms with Gasteiger partial charge in [0, 0.05) is 0 Å². The van der Waals surface area contributed by atoms with Crippen molar-refractivity contribution in [2.75, 3.05) is 6.61 Å². The van der Waals surface area contributed by atoms with Crippen LogP contribution in [0.3, 0.4) is 0 Å². The summed E-state index contributed by atoms with van der Waals surface area (Å²) in [6, 6.07) is -3.14. The second-order valence-electron chi connectivity index (χ2n) is 4.60. The highest BCUT2D eigenvalue weighted by atomic mass is 16.4. The van der Waals surface area contributed by atoms with Gasteiger partial charge in [-0.25, -0.2) is 4.79 Å². The van der Waals surface area contributed by atoms with Crippen LogP contribution in [0.15, 0.2) is 0 Å². The SMILES string of the molecule is CC(C)[C@H](NC(=O)[C@H](CO)NC(=O)[C@H](C)N)C(=O)O. The molecule has 0 aromatic carbocycles. The molecule has 3 atom stereocenters. The average molecular weight is 275 g/mol. The molecule has 8 nitrogen and oxygen atoms in total. The van der Waals surface area contributed by atoms with E-state index < -0.39 is 42.5 Å². The van der Waals surface area contributed by atoms with Gasteiger partial charge in [0.15, 0.2) is 0 Å². The monoisotopic (exact) mass is 275 g/mol. The third-order valence-electron chi connectivity index (χ3n) is 2.46. The number of hydrogen-bond donors (Lipinski definition) is 5. The van der Waals surface area contributed by atoms with Crippen LogP contribution in [0.5, 0.6) is 0 Å². The van der Waals surface area contributed by atoms with E-state index in [4.69, 9.17) is 15.9 Å². The molecule has 0 radical (unpaired) electrons. The van der Waals surface area contributed by atoms with Gasteiger partial charge in [0.25, 0.3) is 0 Å². The van der Waals surface area contributed by atoms with Crippen LogP contribution >= 0.6 is 0 Å². The smallest absolute Gasteiger partial charge is 0.326 e. The molecule has 0 aliphatic heterocycles. The van der Waals surface area contributed by atoms with Gasteiger partial charge < -0.3 is 26.6 Å². The lowest BCUT2D eigenvalue weighted by Crippen LogP contribution is -2.56. The van der Waals surface area contributed by atoms with E-state index in [2.05, 4.69) is 10.6 Å². The lowest BCUT2D eigenvalue weighted by Gasteiger charge is -2.22. The van der Waals surface area contributed by atoms with Crippen LogP contribution < -0.4 is 16.4 Å². The fourth-order valence-corrected chi connectivity index (χ4v) is 1.26. The molecular weight excluding hydrogens is 254 g/mol. The summed E-state index contributed by atoms with van der Waals surface area (Å²) in [4.78, 5) is 34.0. The van der Waals surface area contributed by atoms with Crippen molar-refractivity contribution in [1.29, 1.82) is 0 Å². The summed E-state index contributed by atoms with van der Waals surface area (Å²) in [6.07, 6.45) is 0. The van der Waals surface area contributed by atoms with Crippen molar-refractivity contribution in [3.05, 3.63) is 0 Å². The van der Waals surface area contributed by atoms with Crippen molar-refractivity contribution in [2.45, 2.75) is 38.9 Å². The number of hydrogen-bond acceptors (Lipinski definition) is 5. The number of aliphatic hydroxyl groups is 1. The van der Waals surface area contributed by atoms with Crippen molar-refractivity contribution in [3.8, 4) is 0 Å². The van der Waals surface area contributed by atoms with Gasteiger partial charge in [0.05, 0.1) is 12.6 Å². The number of carboxylic acid groups (broad SMARTS) is 1. The average Bonchev–Trinajstić information content (AvgIpc) is 2.31. The number of amides is 2. The van der Waals surface area contributed by atoms with Crippen molar-refractivity contribution in [1.82, 2.24) is 10.6 Å². The quantitative estimate of drug-likeness (QED) is 0.365. The molecule has 6 N–H and O–H groups in total. The zero-order valence-electron chi connectivity index (χ0n) is 11.2. The first-order valence-corrected chi connectivity index (χ1v) is 5.90. The number of nitrogens with two attached hydrogens (primary N) is 1. The molecule has 0 heterocycles. The second kappa shape index (κ2) is 7.70. The van der Waals surface area contributed by atoms with E-state index >= 15 is 0 Å². The van der Waals surface area contributed by atoms with E-state index in [9.17, 15) is 14.4 Å². The summed E-state index contributed by atoms with van der Waals surface area (Å²) < 4.78 is 0. The molecule has 8 heteroatoms. The van der Waals surface area contributed by atoms with E-state index in [1.54, 1.807) is 13.8 Å². The van der Waals surface area contributed by atoms with E-state index in [1.807, 2.05) is 0 Å². The van der Waals surface area contributed by atoms with Crippen LogP contribution in [0.25, 0.3) is 0 Å².